The maximum atomic E-state index is 8.90. The Morgan fingerprint density at radius 3 is 3.00 bits per heavy atom. The van der Waals surface area contributed by atoms with Crippen molar-refractivity contribution in [2.45, 2.75) is 20.0 Å². The maximum absolute atomic E-state index is 8.90. The molecule has 0 saturated heterocycles. The predicted molar refractivity (Wildman–Crippen MR) is 44.9 cm³/mol. The average Bonchev–Trinajstić information content (AvgIpc) is 2.42. The largest absolute Gasteiger partial charge is 0.476 e. The lowest BCUT2D eigenvalue weighted by molar-refractivity contribution is 0.259. The molecule has 0 atom stereocenters. The normalized spacial score (nSPS) is 10.2. The monoisotopic (exact) mass is 170 g/mol. The first-order valence-corrected chi connectivity index (χ1v) is 4.04. The zero-order valence-corrected chi connectivity index (χ0v) is 7.45. The molecule has 0 aliphatic heterocycles. The maximum Gasteiger partial charge on any atom is 0.238 e. The number of hydrogen-bond acceptors (Lipinski definition) is 3. The highest BCUT2D eigenvalue weighted by atomic mass is 16.5. The van der Waals surface area contributed by atoms with E-state index in [1.54, 1.807) is 17.9 Å². The Morgan fingerprint density at radius 1 is 1.67 bits per heavy atom. The van der Waals surface area contributed by atoms with E-state index in [4.69, 9.17) is 9.84 Å². The van der Waals surface area contributed by atoms with Crippen LogP contribution in [-0.2, 0) is 13.7 Å². The summed E-state index contributed by atoms with van der Waals surface area (Å²) in [6, 6.07) is 0. The van der Waals surface area contributed by atoms with Crippen molar-refractivity contribution in [3.63, 3.8) is 0 Å². The number of aromatic nitrogens is 2. The van der Waals surface area contributed by atoms with Crippen LogP contribution in [0.15, 0.2) is 6.20 Å². The van der Waals surface area contributed by atoms with Crippen LogP contribution in [-0.4, -0.2) is 21.5 Å². The van der Waals surface area contributed by atoms with Gasteiger partial charge in [-0.15, -0.1) is 5.10 Å². The fourth-order valence-corrected chi connectivity index (χ4v) is 0.946. The second kappa shape index (κ2) is 4.11. The van der Waals surface area contributed by atoms with Crippen molar-refractivity contribution in [1.82, 2.24) is 9.78 Å². The molecule has 0 bridgehead atoms. The zero-order valence-electron chi connectivity index (χ0n) is 7.45. The number of aliphatic hydroxyl groups is 1. The fraction of sp³-hybridized carbons (Fsp3) is 0.625. The lowest BCUT2D eigenvalue weighted by Crippen LogP contribution is -1.98. The highest BCUT2D eigenvalue weighted by Gasteiger charge is 2.06. The Hall–Kier alpha value is -1.03. The third-order valence-electron chi connectivity index (χ3n) is 1.48. The Kier molecular flexibility index (Phi) is 3.10. The van der Waals surface area contributed by atoms with Gasteiger partial charge < -0.3 is 9.84 Å². The van der Waals surface area contributed by atoms with Crippen LogP contribution in [0, 0.1) is 0 Å². The van der Waals surface area contributed by atoms with E-state index in [1.165, 1.54) is 0 Å². The molecule has 68 valence electrons. The van der Waals surface area contributed by atoms with E-state index in [9.17, 15) is 0 Å². The molecule has 1 aromatic rings. The number of nitrogens with zero attached hydrogens (tertiary/aromatic N) is 2. The second-order valence-corrected chi connectivity index (χ2v) is 2.64. The van der Waals surface area contributed by atoms with Crippen molar-refractivity contribution in [2.24, 2.45) is 7.05 Å². The van der Waals surface area contributed by atoms with Gasteiger partial charge in [-0.05, 0) is 6.42 Å². The van der Waals surface area contributed by atoms with Gasteiger partial charge in [-0.2, -0.15) is 0 Å². The molecule has 0 fully saturated rings. The first-order valence-electron chi connectivity index (χ1n) is 4.04. The van der Waals surface area contributed by atoms with Crippen LogP contribution in [0.3, 0.4) is 0 Å². The van der Waals surface area contributed by atoms with E-state index >= 15 is 0 Å². The minimum absolute atomic E-state index is 0.0209. The van der Waals surface area contributed by atoms with Gasteiger partial charge in [-0.1, -0.05) is 6.92 Å². The molecule has 1 heterocycles. The van der Waals surface area contributed by atoms with E-state index in [-0.39, 0.29) is 6.61 Å². The summed E-state index contributed by atoms with van der Waals surface area (Å²) in [6.45, 7) is 2.65. The number of hydrogen-bond donors (Lipinski definition) is 1. The molecule has 1 rings (SSSR count). The molecule has 1 N–H and O–H groups in total. The molecular formula is C8H14N2O2. The van der Waals surface area contributed by atoms with E-state index in [0.29, 0.717) is 12.5 Å². The lowest BCUT2D eigenvalue weighted by atomic mass is 10.4. The summed E-state index contributed by atoms with van der Waals surface area (Å²) in [5.74, 6) is 0.543. The molecule has 1 aromatic heterocycles. The predicted octanol–water partition coefficient (Wildman–Crippen LogP) is 0.701. The van der Waals surface area contributed by atoms with Crippen molar-refractivity contribution in [1.29, 1.82) is 0 Å². The Bertz CT molecular complexity index is 245. The second-order valence-electron chi connectivity index (χ2n) is 2.64. The van der Waals surface area contributed by atoms with E-state index in [0.717, 1.165) is 12.0 Å². The van der Waals surface area contributed by atoms with Crippen molar-refractivity contribution in [2.75, 3.05) is 6.61 Å². The van der Waals surface area contributed by atoms with E-state index < -0.39 is 0 Å². The Balaban J connectivity index is 2.68. The fourth-order valence-electron chi connectivity index (χ4n) is 0.946. The molecular weight excluding hydrogens is 156 g/mol. The Labute approximate surface area is 71.8 Å². The minimum atomic E-state index is -0.0209. The molecule has 0 aliphatic carbocycles. The average molecular weight is 170 g/mol. The van der Waals surface area contributed by atoms with Crippen LogP contribution in [0.5, 0.6) is 5.88 Å². The number of ether oxygens (including phenoxy) is 1. The molecule has 0 saturated carbocycles. The van der Waals surface area contributed by atoms with Gasteiger partial charge in [0.1, 0.15) is 0 Å². The molecule has 0 aromatic carbocycles. The van der Waals surface area contributed by atoms with Gasteiger partial charge in [0, 0.05) is 13.2 Å². The summed E-state index contributed by atoms with van der Waals surface area (Å²) in [5.41, 5.74) is 0.742. The zero-order chi connectivity index (χ0) is 8.97. The van der Waals surface area contributed by atoms with E-state index in [2.05, 4.69) is 5.10 Å². The van der Waals surface area contributed by atoms with Crippen molar-refractivity contribution in [3.8, 4) is 5.88 Å². The third-order valence-corrected chi connectivity index (χ3v) is 1.48. The summed E-state index contributed by atoms with van der Waals surface area (Å²) in [7, 11) is 1.80. The lowest BCUT2D eigenvalue weighted by Gasteiger charge is -2.00. The van der Waals surface area contributed by atoms with Gasteiger partial charge in [0.15, 0.2) is 0 Å². The summed E-state index contributed by atoms with van der Waals surface area (Å²) in [6.07, 6.45) is 2.70. The number of aliphatic hydroxyl groups excluding tert-OH is 1. The molecule has 12 heavy (non-hydrogen) atoms. The quantitative estimate of drug-likeness (QED) is 0.723. The molecule has 0 aliphatic rings. The van der Waals surface area contributed by atoms with Crippen LogP contribution >= 0.6 is 0 Å². The van der Waals surface area contributed by atoms with Crippen LogP contribution < -0.4 is 4.74 Å². The van der Waals surface area contributed by atoms with Gasteiger partial charge in [-0.3, -0.25) is 4.68 Å². The Morgan fingerprint density at radius 2 is 2.42 bits per heavy atom. The van der Waals surface area contributed by atoms with Gasteiger partial charge in [-0.25, -0.2) is 0 Å². The summed E-state index contributed by atoms with van der Waals surface area (Å²) in [4.78, 5) is 0. The van der Waals surface area contributed by atoms with Crippen LogP contribution in [0.25, 0.3) is 0 Å². The third kappa shape index (κ3) is 1.98. The van der Waals surface area contributed by atoms with Crippen LogP contribution in [0.4, 0.5) is 0 Å². The highest BCUT2D eigenvalue weighted by molar-refractivity contribution is 5.21. The minimum Gasteiger partial charge on any atom is -0.476 e. The van der Waals surface area contributed by atoms with Gasteiger partial charge in [0.25, 0.3) is 0 Å². The van der Waals surface area contributed by atoms with Gasteiger partial charge in [0.05, 0.1) is 18.8 Å². The van der Waals surface area contributed by atoms with Crippen LogP contribution in [0.2, 0.25) is 0 Å². The standard InChI is InChI=1S/C8H14N2O2/c1-3-4-12-8-7(6-11)5-10(2)9-8/h5,11H,3-4,6H2,1-2H3. The summed E-state index contributed by atoms with van der Waals surface area (Å²) < 4.78 is 6.94. The number of aryl methyl sites for hydroxylation is 1. The molecule has 4 nitrogen and oxygen atoms in total. The van der Waals surface area contributed by atoms with E-state index in [1.807, 2.05) is 6.92 Å². The SMILES string of the molecule is CCCOc1nn(C)cc1CO. The summed E-state index contributed by atoms with van der Waals surface area (Å²) >= 11 is 0. The van der Waals surface area contributed by atoms with Crippen LogP contribution in [0.1, 0.15) is 18.9 Å². The van der Waals surface area contributed by atoms with Gasteiger partial charge in [0.2, 0.25) is 5.88 Å². The molecule has 0 amide bonds. The summed E-state index contributed by atoms with van der Waals surface area (Å²) in [5, 5.41) is 13.0. The number of rotatable bonds is 4. The first kappa shape index (κ1) is 9.06. The van der Waals surface area contributed by atoms with Crippen molar-refractivity contribution >= 4 is 0 Å². The highest BCUT2D eigenvalue weighted by Crippen LogP contribution is 2.14. The topological polar surface area (TPSA) is 47.3 Å². The smallest absolute Gasteiger partial charge is 0.238 e. The van der Waals surface area contributed by atoms with Crippen molar-refractivity contribution in [3.05, 3.63) is 11.8 Å². The molecule has 4 heteroatoms. The molecule has 0 spiro atoms. The molecule has 0 unspecified atom stereocenters. The first-order chi connectivity index (χ1) is 5.77. The molecule has 0 radical (unpaired) electrons. The van der Waals surface area contributed by atoms with Gasteiger partial charge >= 0.3 is 0 Å². The van der Waals surface area contributed by atoms with Crippen molar-refractivity contribution < 1.29 is 9.84 Å².